The third-order valence-corrected chi connectivity index (χ3v) is 4.74. The van der Waals surface area contributed by atoms with Crippen LogP contribution in [0.5, 0.6) is 17.2 Å². The molecule has 0 fully saturated rings. The van der Waals surface area contributed by atoms with Crippen molar-refractivity contribution in [2.75, 3.05) is 39.3 Å². The number of nitrogens with one attached hydrogen (secondary N) is 1. The highest BCUT2D eigenvalue weighted by atomic mass is 16.5. The molecule has 2 aromatic rings. The van der Waals surface area contributed by atoms with E-state index < -0.39 is 5.91 Å². The van der Waals surface area contributed by atoms with Gasteiger partial charge in [0.1, 0.15) is 0 Å². The normalized spacial score (nSPS) is 12.8. The van der Waals surface area contributed by atoms with E-state index >= 15 is 0 Å². The van der Waals surface area contributed by atoms with Gasteiger partial charge in [-0.3, -0.25) is 9.59 Å². The summed E-state index contributed by atoms with van der Waals surface area (Å²) in [6.45, 7) is 0.555. The Labute approximate surface area is 164 Å². The fraction of sp³-hybridized carbons (Fsp3) is 0.333. The first kappa shape index (κ1) is 19.5. The van der Waals surface area contributed by atoms with Gasteiger partial charge in [-0.05, 0) is 36.6 Å². The predicted octanol–water partition coefficient (Wildman–Crippen LogP) is 2.42. The van der Waals surface area contributed by atoms with Crippen molar-refractivity contribution >= 4 is 17.5 Å². The van der Waals surface area contributed by atoms with Gasteiger partial charge in [0.05, 0.1) is 27.9 Å². The summed E-state index contributed by atoms with van der Waals surface area (Å²) < 4.78 is 15.8. The number of anilines is 1. The van der Waals surface area contributed by atoms with Gasteiger partial charge < -0.3 is 24.4 Å². The maximum absolute atomic E-state index is 12.7. The number of carbonyl (C=O) groups is 2. The monoisotopic (exact) mass is 384 g/mol. The standard InChI is InChI=1S/C21H24N2O5/c1-26-17-11-15(12-18(27-2)20(17)28-3)21(25)22-13-19(24)23-10-6-8-14-7-4-5-9-16(14)23/h4-5,7,9,11-12H,6,8,10,13H2,1-3H3,(H,22,25). The number of nitrogens with zero attached hydrogens (tertiary/aromatic N) is 1. The molecule has 2 aromatic carbocycles. The molecular formula is C21H24N2O5. The van der Waals surface area contributed by atoms with E-state index in [1.165, 1.54) is 21.3 Å². The smallest absolute Gasteiger partial charge is 0.251 e. The second-order valence-corrected chi connectivity index (χ2v) is 6.37. The number of hydrogen-bond acceptors (Lipinski definition) is 5. The van der Waals surface area contributed by atoms with E-state index in [9.17, 15) is 9.59 Å². The van der Waals surface area contributed by atoms with Crippen molar-refractivity contribution in [3.8, 4) is 17.2 Å². The fourth-order valence-corrected chi connectivity index (χ4v) is 3.36. The first-order chi connectivity index (χ1) is 13.6. The van der Waals surface area contributed by atoms with Crippen molar-refractivity contribution in [1.29, 1.82) is 0 Å². The molecule has 28 heavy (non-hydrogen) atoms. The lowest BCUT2D eigenvalue weighted by Gasteiger charge is -2.29. The second kappa shape index (κ2) is 8.65. The van der Waals surface area contributed by atoms with Gasteiger partial charge >= 0.3 is 0 Å². The number of fused-ring (bicyclic) bond motifs is 1. The Morgan fingerprint density at radius 3 is 2.36 bits per heavy atom. The molecule has 0 radical (unpaired) electrons. The molecule has 0 bridgehead atoms. The summed E-state index contributed by atoms with van der Waals surface area (Å²) in [5.41, 5.74) is 2.39. The summed E-state index contributed by atoms with van der Waals surface area (Å²) in [5, 5.41) is 2.68. The molecule has 1 heterocycles. The third kappa shape index (κ3) is 3.88. The maximum Gasteiger partial charge on any atom is 0.251 e. The van der Waals surface area contributed by atoms with Gasteiger partial charge in [0, 0.05) is 17.8 Å². The Morgan fingerprint density at radius 1 is 1.04 bits per heavy atom. The molecule has 1 aliphatic rings. The highest BCUT2D eigenvalue weighted by molar-refractivity contribution is 6.01. The van der Waals surface area contributed by atoms with E-state index in [1.807, 2.05) is 24.3 Å². The Hall–Kier alpha value is -3.22. The number of para-hydroxylation sites is 1. The molecule has 0 aliphatic carbocycles. The molecule has 0 saturated carbocycles. The van der Waals surface area contributed by atoms with Gasteiger partial charge in [0.25, 0.3) is 5.91 Å². The molecule has 7 nitrogen and oxygen atoms in total. The summed E-state index contributed by atoms with van der Waals surface area (Å²) in [7, 11) is 4.46. The highest BCUT2D eigenvalue weighted by Crippen LogP contribution is 2.38. The van der Waals surface area contributed by atoms with Crippen molar-refractivity contribution in [2.45, 2.75) is 12.8 Å². The number of rotatable bonds is 6. The molecule has 1 N–H and O–H groups in total. The molecule has 7 heteroatoms. The van der Waals surface area contributed by atoms with E-state index in [0.717, 1.165) is 24.1 Å². The number of benzene rings is 2. The van der Waals surface area contributed by atoms with Crippen LogP contribution in [0.3, 0.4) is 0 Å². The quantitative estimate of drug-likeness (QED) is 0.828. The summed E-state index contributed by atoms with van der Waals surface area (Å²) in [5.74, 6) is 0.625. The Kier molecular flexibility index (Phi) is 6.03. The first-order valence-electron chi connectivity index (χ1n) is 9.05. The van der Waals surface area contributed by atoms with E-state index in [0.29, 0.717) is 29.4 Å². The molecule has 148 valence electrons. The summed E-state index contributed by atoms with van der Waals surface area (Å²) in [6.07, 6.45) is 1.86. The minimum atomic E-state index is -0.391. The van der Waals surface area contributed by atoms with Crippen LogP contribution in [0, 0.1) is 0 Å². The fourth-order valence-electron chi connectivity index (χ4n) is 3.36. The van der Waals surface area contributed by atoms with Crippen LogP contribution in [0.15, 0.2) is 36.4 Å². The summed E-state index contributed by atoms with van der Waals surface area (Å²) in [6, 6.07) is 11.0. The topological polar surface area (TPSA) is 77.1 Å². The lowest BCUT2D eigenvalue weighted by atomic mass is 10.0. The number of aryl methyl sites for hydroxylation is 1. The van der Waals surface area contributed by atoms with Gasteiger partial charge in [-0.15, -0.1) is 0 Å². The SMILES string of the molecule is COc1cc(C(=O)NCC(=O)N2CCCc3ccccc32)cc(OC)c1OC. The molecule has 3 rings (SSSR count). The molecule has 1 aliphatic heterocycles. The van der Waals surface area contributed by atoms with Crippen LogP contribution in [0.1, 0.15) is 22.3 Å². The molecule has 0 unspecified atom stereocenters. The predicted molar refractivity (Wildman–Crippen MR) is 106 cm³/mol. The first-order valence-corrected chi connectivity index (χ1v) is 9.05. The highest BCUT2D eigenvalue weighted by Gasteiger charge is 2.23. The third-order valence-electron chi connectivity index (χ3n) is 4.74. The van der Waals surface area contributed by atoms with Crippen LogP contribution in [-0.2, 0) is 11.2 Å². The van der Waals surface area contributed by atoms with Crippen LogP contribution in [0.2, 0.25) is 0 Å². The molecule has 0 aromatic heterocycles. The van der Waals surface area contributed by atoms with Crippen molar-refractivity contribution in [1.82, 2.24) is 5.32 Å². The zero-order valence-electron chi connectivity index (χ0n) is 16.3. The van der Waals surface area contributed by atoms with E-state index in [2.05, 4.69) is 5.32 Å². The van der Waals surface area contributed by atoms with Gasteiger partial charge in [-0.25, -0.2) is 0 Å². The molecule has 2 amide bonds. The van der Waals surface area contributed by atoms with Gasteiger partial charge in [0.15, 0.2) is 11.5 Å². The Bertz CT molecular complexity index is 856. The number of amides is 2. The van der Waals surface area contributed by atoms with E-state index in [4.69, 9.17) is 14.2 Å². The average molecular weight is 384 g/mol. The average Bonchev–Trinajstić information content (AvgIpc) is 2.75. The van der Waals surface area contributed by atoms with Crippen LogP contribution in [0.4, 0.5) is 5.69 Å². The Balaban J connectivity index is 1.72. The minimum absolute atomic E-state index is 0.0934. The molecule has 0 saturated heterocycles. The second-order valence-electron chi connectivity index (χ2n) is 6.37. The van der Waals surface area contributed by atoms with Crippen LogP contribution in [0.25, 0.3) is 0 Å². The zero-order valence-corrected chi connectivity index (χ0v) is 16.3. The Morgan fingerprint density at radius 2 is 1.71 bits per heavy atom. The molecular weight excluding hydrogens is 360 g/mol. The van der Waals surface area contributed by atoms with Gasteiger partial charge in [-0.2, -0.15) is 0 Å². The largest absolute Gasteiger partial charge is 0.493 e. The number of carbonyl (C=O) groups excluding carboxylic acids is 2. The van der Waals surface area contributed by atoms with Crippen molar-refractivity contribution in [3.05, 3.63) is 47.5 Å². The van der Waals surface area contributed by atoms with E-state index in [-0.39, 0.29) is 12.5 Å². The van der Waals surface area contributed by atoms with Gasteiger partial charge in [-0.1, -0.05) is 18.2 Å². The number of ether oxygens (including phenoxy) is 3. The molecule has 0 spiro atoms. The van der Waals surface area contributed by atoms with Crippen LogP contribution >= 0.6 is 0 Å². The molecule has 0 atom stereocenters. The van der Waals surface area contributed by atoms with Crippen molar-refractivity contribution in [2.24, 2.45) is 0 Å². The maximum atomic E-state index is 12.7. The number of methoxy groups -OCH3 is 3. The van der Waals surface area contributed by atoms with Crippen LogP contribution < -0.4 is 24.4 Å². The minimum Gasteiger partial charge on any atom is -0.493 e. The summed E-state index contributed by atoms with van der Waals surface area (Å²) >= 11 is 0. The van der Waals surface area contributed by atoms with Gasteiger partial charge in [0.2, 0.25) is 11.7 Å². The van der Waals surface area contributed by atoms with Crippen molar-refractivity contribution < 1.29 is 23.8 Å². The van der Waals surface area contributed by atoms with E-state index in [1.54, 1.807) is 17.0 Å². The van der Waals surface area contributed by atoms with Crippen LogP contribution in [-0.4, -0.2) is 46.2 Å². The lowest BCUT2D eigenvalue weighted by Crippen LogP contribution is -2.42. The summed E-state index contributed by atoms with van der Waals surface area (Å²) in [4.78, 5) is 27.0. The number of hydrogen-bond donors (Lipinski definition) is 1. The zero-order chi connectivity index (χ0) is 20.1. The van der Waals surface area contributed by atoms with Crippen molar-refractivity contribution in [3.63, 3.8) is 0 Å². The lowest BCUT2D eigenvalue weighted by molar-refractivity contribution is -0.117.